The van der Waals surface area contributed by atoms with Crippen LogP contribution in [0.3, 0.4) is 0 Å². The van der Waals surface area contributed by atoms with Crippen LogP contribution in [-0.4, -0.2) is 13.9 Å². The van der Waals surface area contributed by atoms with Crippen LogP contribution in [-0.2, 0) is 10.8 Å². The molecule has 1 rings (SSSR count). The van der Waals surface area contributed by atoms with Gasteiger partial charge in [0.1, 0.15) is 5.75 Å². The SMILES string of the molecule is O=S(CI)COc1ccc(Cl)cc1Cl. The van der Waals surface area contributed by atoms with Crippen molar-refractivity contribution in [2.24, 2.45) is 0 Å². The second-order valence-corrected chi connectivity index (χ2v) is 6.43. The summed E-state index contributed by atoms with van der Waals surface area (Å²) in [6, 6.07) is 4.93. The highest BCUT2D eigenvalue weighted by molar-refractivity contribution is 14.1. The van der Waals surface area contributed by atoms with Gasteiger partial charge >= 0.3 is 0 Å². The largest absolute Gasteiger partial charge is 0.479 e. The van der Waals surface area contributed by atoms with Crippen LogP contribution in [0.5, 0.6) is 5.75 Å². The summed E-state index contributed by atoms with van der Waals surface area (Å²) >= 11 is 13.6. The van der Waals surface area contributed by atoms with E-state index < -0.39 is 10.8 Å². The summed E-state index contributed by atoms with van der Waals surface area (Å²) in [5, 5.41) is 0.986. The number of hydrogen-bond donors (Lipinski definition) is 0. The summed E-state index contributed by atoms with van der Waals surface area (Å²) in [5.74, 6) is 0.666. The van der Waals surface area contributed by atoms with Crippen molar-refractivity contribution in [3.63, 3.8) is 0 Å². The van der Waals surface area contributed by atoms with Gasteiger partial charge in [0.2, 0.25) is 0 Å². The predicted octanol–water partition coefficient (Wildman–Crippen LogP) is 3.47. The molecule has 0 aliphatic heterocycles. The molecule has 1 aromatic carbocycles. The number of rotatable bonds is 4. The van der Waals surface area contributed by atoms with E-state index >= 15 is 0 Å². The molecule has 0 saturated heterocycles. The number of halogens is 3. The number of benzene rings is 1. The van der Waals surface area contributed by atoms with E-state index in [1.807, 2.05) is 22.6 Å². The van der Waals surface area contributed by atoms with Crippen molar-refractivity contribution in [3.8, 4) is 5.75 Å². The van der Waals surface area contributed by atoms with Gasteiger partial charge in [-0.25, -0.2) is 0 Å². The van der Waals surface area contributed by atoms with Gasteiger partial charge in [0, 0.05) is 5.02 Å². The van der Waals surface area contributed by atoms with Crippen molar-refractivity contribution in [2.75, 3.05) is 9.70 Å². The van der Waals surface area contributed by atoms with E-state index in [1.54, 1.807) is 18.2 Å². The van der Waals surface area contributed by atoms with Crippen molar-refractivity contribution in [2.45, 2.75) is 0 Å². The van der Waals surface area contributed by atoms with E-state index in [9.17, 15) is 4.21 Å². The van der Waals surface area contributed by atoms with Gasteiger partial charge < -0.3 is 4.74 Å². The summed E-state index contributed by atoms with van der Waals surface area (Å²) in [4.78, 5) is 0. The Hall–Kier alpha value is 0.480. The van der Waals surface area contributed by atoms with Gasteiger partial charge in [-0.1, -0.05) is 45.8 Å². The zero-order chi connectivity index (χ0) is 10.6. The highest BCUT2D eigenvalue weighted by atomic mass is 127. The number of alkyl halides is 1. The van der Waals surface area contributed by atoms with Crippen molar-refractivity contribution in [1.82, 2.24) is 0 Å². The second-order valence-electron chi connectivity index (χ2n) is 2.39. The highest BCUT2D eigenvalue weighted by Gasteiger charge is 2.04. The molecule has 0 spiro atoms. The number of hydrogen-bond acceptors (Lipinski definition) is 2. The first-order valence-electron chi connectivity index (χ1n) is 3.62. The fraction of sp³-hybridized carbons (Fsp3) is 0.250. The Morgan fingerprint density at radius 2 is 2.14 bits per heavy atom. The molecular weight excluding hydrogens is 358 g/mol. The fourth-order valence-corrected chi connectivity index (χ4v) is 2.08. The van der Waals surface area contributed by atoms with Crippen LogP contribution in [0.1, 0.15) is 0 Å². The Morgan fingerprint density at radius 3 is 2.71 bits per heavy atom. The molecule has 0 saturated carbocycles. The predicted molar refractivity (Wildman–Crippen MR) is 69.0 cm³/mol. The lowest BCUT2D eigenvalue weighted by molar-refractivity contribution is 0.387. The maximum Gasteiger partial charge on any atom is 0.163 e. The van der Waals surface area contributed by atoms with E-state index in [4.69, 9.17) is 27.9 Å². The molecule has 1 unspecified atom stereocenters. The van der Waals surface area contributed by atoms with Gasteiger partial charge in [-0.15, -0.1) is 0 Å². The lowest BCUT2D eigenvalue weighted by atomic mass is 10.3. The first-order valence-corrected chi connectivity index (χ1v) is 7.39. The summed E-state index contributed by atoms with van der Waals surface area (Å²) in [6.45, 7) is 0. The van der Waals surface area contributed by atoms with Crippen LogP contribution < -0.4 is 4.74 Å². The minimum atomic E-state index is -0.968. The topological polar surface area (TPSA) is 26.3 Å². The monoisotopic (exact) mass is 364 g/mol. The Balaban J connectivity index is 2.63. The minimum absolute atomic E-state index is 0.157. The van der Waals surface area contributed by atoms with Crippen LogP contribution in [0.15, 0.2) is 18.2 Å². The minimum Gasteiger partial charge on any atom is -0.479 e. The van der Waals surface area contributed by atoms with Crippen LogP contribution in [0.25, 0.3) is 0 Å². The van der Waals surface area contributed by atoms with Crippen LogP contribution >= 0.6 is 45.8 Å². The van der Waals surface area contributed by atoms with Gasteiger partial charge in [0.25, 0.3) is 0 Å². The maximum atomic E-state index is 11.1. The van der Waals surface area contributed by atoms with E-state index in [-0.39, 0.29) is 5.94 Å². The van der Waals surface area contributed by atoms with Crippen LogP contribution in [0.4, 0.5) is 0 Å². The molecule has 6 heteroatoms. The fourth-order valence-electron chi connectivity index (χ4n) is 0.753. The first kappa shape index (κ1) is 12.5. The summed E-state index contributed by atoms with van der Waals surface area (Å²) in [7, 11) is -0.968. The van der Waals surface area contributed by atoms with Crippen molar-refractivity contribution in [1.29, 1.82) is 0 Å². The van der Waals surface area contributed by atoms with Gasteiger partial charge in [-0.05, 0) is 18.2 Å². The molecule has 0 amide bonds. The maximum absolute atomic E-state index is 11.1. The molecule has 0 radical (unpaired) electrons. The average Bonchev–Trinajstić information content (AvgIpc) is 2.16. The summed E-state index contributed by atoms with van der Waals surface area (Å²) in [6.07, 6.45) is 0. The van der Waals surface area contributed by atoms with Crippen molar-refractivity contribution >= 4 is 56.6 Å². The third-order valence-electron chi connectivity index (χ3n) is 1.36. The molecule has 1 atom stereocenters. The first-order chi connectivity index (χ1) is 6.63. The molecular formula is C8H7Cl2IO2S. The zero-order valence-corrected chi connectivity index (χ0v) is 11.5. The Labute approximate surface area is 109 Å². The normalized spacial score (nSPS) is 12.5. The molecule has 0 N–H and O–H groups in total. The molecule has 78 valence electrons. The average molecular weight is 365 g/mol. The zero-order valence-electron chi connectivity index (χ0n) is 7.00. The van der Waals surface area contributed by atoms with Crippen molar-refractivity contribution in [3.05, 3.63) is 28.2 Å². The standard InChI is InChI=1S/C8H7Cl2IO2S/c9-6-1-2-8(7(10)3-6)13-5-14(12)4-11/h1-3H,4-5H2. The third-order valence-corrected chi connectivity index (χ3v) is 4.60. The van der Waals surface area contributed by atoms with Gasteiger partial charge in [-0.2, -0.15) is 0 Å². The Morgan fingerprint density at radius 1 is 1.43 bits per heavy atom. The lowest BCUT2D eigenvalue weighted by Crippen LogP contribution is -2.05. The third kappa shape index (κ3) is 3.92. The van der Waals surface area contributed by atoms with E-state index in [2.05, 4.69) is 0 Å². The van der Waals surface area contributed by atoms with Crippen LogP contribution in [0.2, 0.25) is 10.0 Å². The molecule has 0 heterocycles. The second kappa shape index (κ2) is 6.15. The Kier molecular flexibility index (Phi) is 5.51. The van der Waals surface area contributed by atoms with E-state index in [0.29, 0.717) is 19.6 Å². The number of ether oxygens (including phenoxy) is 1. The van der Waals surface area contributed by atoms with Crippen molar-refractivity contribution < 1.29 is 8.95 Å². The lowest BCUT2D eigenvalue weighted by Gasteiger charge is -2.06. The van der Waals surface area contributed by atoms with Crippen LogP contribution in [0, 0.1) is 0 Å². The Bertz CT molecular complexity index is 346. The molecule has 0 bridgehead atoms. The highest BCUT2D eigenvalue weighted by Crippen LogP contribution is 2.27. The summed E-state index contributed by atoms with van der Waals surface area (Å²) in [5.41, 5.74) is 0. The molecule has 0 fully saturated rings. The molecule has 2 nitrogen and oxygen atoms in total. The smallest absolute Gasteiger partial charge is 0.163 e. The van der Waals surface area contributed by atoms with E-state index in [0.717, 1.165) is 0 Å². The van der Waals surface area contributed by atoms with Gasteiger partial charge in [-0.3, -0.25) is 4.21 Å². The molecule has 0 aromatic heterocycles. The molecule has 14 heavy (non-hydrogen) atoms. The quantitative estimate of drug-likeness (QED) is 0.604. The summed E-state index contributed by atoms with van der Waals surface area (Å²) < 4.78 is 16.9. The molecule has 0 aliphatic rings. The molecule has 1 aromatic rings. The van der Waals surface area contributed by atoms with Gasteiger partial charge in [0.05, 0.1) is 19.6 Å². The van der Waals surface area contributed by atoms with Gasteiger partial charge in [0.15, 0.2) is 5.94 Å². The molecule has 0 aliphatic carbocycles. The van der Waals surface area contributed by atoms with E-state index in [1.165, 1.54) is 0 Å².